The van der Waals surface area contributed by atoms with Crippen LogP contribution in [-0.2, 0) is 12.8 Å². The van der Waals surface area contributed by atoms with E-state index in [4.69, 9.17) is 0 Å². The summed E-state index contributed by atoms with van der Waals surface area (Å²) < 4.78 is 8.51. The number of carbonyl (C=O) groups excluding carboxylic acids is 1. The largest absolute Gasteiger partial charge is 0.324 e. The van der Waals surface area contributed by atoms with Gasteiger partial charge in [-0.15, -0.1) is 0 Å². The maximum absolute atomic E-state index is 12.8. The molecule has 4 rings (SSSR count). The van der Waals surface area contributed by atoms with Gasteiger partial charge in [0.15, 0.2) is 0 Å². The van der Waals surface area contributed by atoms with Crippen molar-refractivity contribution in [3.05, 3.63) is 45.1 Å². The van der Waals surface area contributed by atoms with Crippen LogP contribution in [0.15, 0.2) is 16.9 Å². The van der Waals surface area contributed by atoms with E-state index in [0.29, 0.717) is 48.5 Å². The third kappa shape index (κ3) is 2.94. The normalized spacial score (nSPS) is 14.2. The first-order chi connectivity index (χ1) is 12.5. The molecule has 0 saturated heterocycles. The lowest BCUT2D eigenvalue weighted by Crippen LogP contribution is -2.37. The van der Waals surface area contributed by atoms with Crippen molar-refractivity contribution in [2.45, 2.75) is 26.7 Å². The molecule has 0 spiro atoms. The van der Waals surface area contributed by atoms with E-state index in [-0.39, 0.29) is 11.6 Å². The Labute approximate surface area is 153 Å². The van der Waals surface area contributed by atoms with E-state index in [1.165, 1.54) is 0 Å². The van der Waals surface area contributed by atoms with Crippen LogP contribution in [0.2, 0.25) is 0 Å². The fraction of sp³-hybridized carbons (Fsp3) is 0.353. The zero-order valence-electron chi connectivity index (χ0n) is 14.5. The summed E-state index contributed by atoms with van der Waals surface area (Å²) in [5.41, 5.74) is 4.45. The lowest BCUT2D eigenvalue weighted by molar-refractivity contribution is 0.214. The highest BCUT2D eigenvalue weighted by molar-refractivity contribution is 7.00. The van der Waals surface area contributed by atoms with Gasteiger partial charge in [0.05, 0.1) is 23.1 Å². The van der Waals surface area contributed by atoms with Gasteiger partial charge in [-0.2, -0.15) is 8.75 Å². The number of amides is 2. The Kier molecular flexibility index (Phi) is 4.15. The Morgan fingerprint density at radius 3 is 2.88 bits per heavy atom. The van der Waals surface area contributed by atoms with Crippen molar-refractivity contribution in [2.24, 2.45) is 0 Å². The van der Waals surface area contributed by atoms with Crippen LogP contribution in [0.3, 0.4) is 0 Å². The van der Waals surface area contributed by atoms with Gasteiger partial charge >= 0.3 is 6.03 Å². The summed E-state index contributed by atoms with van der Waals surface area (Å²) in [5.74, 6) is 0.602. The van der Waals surface area contributed by atoms with Crippen molar-refractivity contribution in [1.29, 1.82) is 0 Å². The molecule has 9 heteroatoms. The lowest BCUT2D eigenvalue weighted by atomic mass is 10.1. The smallest absolute Gasteiger partial charge is 0.321 e. The van der Waals surface area contributed by atoms with Gasteiger partial charge in [0.25, 0.3) is 5.56 Å². The molecule has 1 aliphatic rings. The number of nitrogens with zero attached hydrogens (tertiary/aromatic N) is 4. The number of hydrogen-bond acceptors (Lipinski definition) is 6. The van der Waals surface area contributed by atoms with Gasteiger partial charge in [0.2, 0.25) is 0 Å². The molecule has 0 atom stereocenters. The predicted octanol–water partition coefficient (Wildman–Crippen LogP) is 2.02. The summed E-state index contributed by atoms with van der Waals surface area (Å²) in [6.07, 6.45) is 1.06. The molecule has 2 N–H and O–H groups in total. The first kappa shape index (κ1) is 16.6. The van der Waals surface area contributed by atoms with Crippen molar-refractivity contribution in [1.82, 2.24) is 23.6 Å². The molecule has 134 valence electrons. The van der Waals surface area contributed by atoms with E-state index in [2.05, 4.69) is 24.0 Å². The van der Waals surface area contributed by atoms with E-state index in [1.807, 2.05) is 19.1 Å². The highest BCUT2D eigenvalue weighted by Gasteiger charge is 2.22. The maximum atomic E-state index is 12.8. The Balaban J connectivity index is 1.56. The quantitative estimate of drug-likeness (QED) is 0.682. The van der Waals surface area contributed by atoms with Crippen LogP contribution in [-0.4, -0.2) is 42.7 Å². The molecule has 3 aromatic rings. The standard InChI is InChI=1S/C17H18N6O2S/c1-9-3-4-13-15(22-26-21-13)14(9)20-17(25)23-7-5-11-12(6-8-23)18-10(2)19-16(11)24/h3-4H,5-8H2,1-2H3,(H,20,25)(H,18,19,24). The zero-order valence-corrected chi connectivity index (χ0v) is 15.3. The number of aromatic nitrogens is 4. The number of aromatic amines is 1. The summed E-state index contributed by atoms with van der Waals surface area (Å²) >= 11 is 1.12. The number of carbonyl (C=O) groups is 1. The van der Waals surface area contributed by atoms with Crippen molar-refractivity contribution < 1.29 is 4.79 Å². The van der Waals surface area contributed by atoms with E-state index in [9.17, 15) is 9.59 Å². The number of urea groups is 1. The number of aryl methyl sites for hydroxylation is 2. The van der Waals surface area contributed by atoms with Crippen LogP contribution in [0.5, 0.6) is 0 Å². The third-order valence-electron chi connectivity index (χ3n) is 4.63. The second-order valence-corrected chi connectivity index (χ2v) is 6.91. The molecule has 1 aliphatic heterocycles. The van der Waals surface area contributed by atoms with Crippen molar-refractivity contribution in [3.63, 3.8) is 0 Å². The number of anilines is 1. The number of H-pyrrole nitrogens is 1. The summed E-state index contributed by atoms with van der Waals surface area (Å²) in [7, 11) is 0. The van der Waals surface area contributed by atoms with Crippen molar-refractivity contribution in [2.75, 3.05) is 18.4 Å². The van der Waals surface area contributed by atoms with Crippen LogP contribution in [0, 0.1) is 13.8 Å². The van der Waals surface area contributed by atoms with Gasteiger partial charge in [-0.25, -0.2) is 9.78 Å². The number of nitrogens with one attached hydrogen (secondary N) is 2. The number of hydrogen-bond donors (Lipinski definition) is 2. The van der Waals surface area contributed by atoms with Crippen LogP contribution < -0.4 is 10.9 Å². The molecule has 0 fully saturated rings. The van der Waals surface area contributed by atoms with Crippen LogP contribution in [0.25, 0.3) is 11.0 Å². The fourth-order valence-corrected chi connectivity index (χ4v) is 3.77. The van der Waals surface area contributed by atoms with Crippen molar-refractivity contribution >= 4 is 34.5 Å². The summed E-state index contributed by atoms with van der Waals surface area (Å²) in [5, 5.41) is 2.97. The molecule has 1 aromatic carbocycles. The molecule has 0 bridgehead atoms. The topological polar surface area (TPSA) is 104 Å². The van der Waals surface area contributed by atoms with Crippen LogP contribution in [0.1, 0.15) is 22.6 Å². The monoisotopic (exact) mass is 370 g/mol. The molecule has 2 aromatic heterocycles. The average Bonchev–Trinajstić information content (AvgIpc) is 2.97. The van der Waals surface area contributed by atoms with E-state index < -0.39 is 0 Å². The Morgan fingerprint density at radius 1 is 1.23 bits per heavy atom. The molecule has 0 aliphatic carbocycles. The second-order valence-electron chi connectivity index (χ2n) is 6.38. The molecular weight excluding hydrogens is 352 g/mol. The summed E-state index contributed by atoms with van der Waals surface area (Å²) in [6, 6.07) is 3.62. The van der Waals surface area contributed by atoms with Gasteiger partial charge in [-0.1, -0.05) is 6.07 Å². The van der Waals surface area contributed by atoms with E-state index in [0.717, 1.165) is 28.5 Å². The average molecular weight is 370 g/mol. The van der Waals surface area contributed by atoms with E-state index in [1.54, 1.807) is 11.8 Å². The number of benzene rings is 1. The highest BCUT2D eigenvalue weighted by Crippen LogP contribution is 2.26. The minimum atomic E-state index is -0.199. The molecule has 0 unspecified atom stereocenters. The molecular formula is C17H18N6O2S. The Bertz CT molecular complexity index is 1060. The van der Waals surface area contributed by atoms with Gasteiger partial charge < -0.3 is 15.2 Å². The van der Waals surface area contributed by atoms with Crippen LogP contribution >= 0.6 is 11.7 Å². The van der Waals surface area contributed by atoms with Crippen molar-refractivity contribution in [3.8, 4) is 0 Å². The lowest BCUT2D eigenvalue weighted by Gasteiger charge is -2.21. The number of rotatable bonds is 1. The molecule has 26 heavy (non-hydrogen) atoms. The highest BCUT2D eigenvalue weighted by atomic mass is 32.1. The SMILES string of the molecule is Cc1nc2c(c(=O)[nH]1)CCN(C(=O)Nc1c(C)ccc3nsnc13)CC2. The summed E-state index contributed by atoms with van der Waals surface area (Å²) in [4.78, 5) is 33.8. The molecule has 8 nitrogen and oxygen atoms in total. The maximum Gasteiger partial charge on any atom is 0.321 e. The predicted molar refractivity (Wildman–Crippen MR) is 99.7 cm³/mol. The van der Waals surface area contributed by atoms with Gasteiger partial charge in [0, 0.05) is 25.1 Å². The first-order valence-electron chi connectivity index (χ1n) is 8.39. The van der Waals surface area contributed by atoms with Gasteiger partial charge in [-0.3, -0.25) is 4.79 Å². The zero-order chi connectivity index (χ0) is 18.3. The Morgan fingerprint density at radius 2 is 2.04 bits per heavy atom. The van der Waals surface area contributed by atoms with E-state index >= 15 is 0 Å². The minimum absolute atomic E-state index is 0.107. The number of fused-ring (bicyclic) bond motifs is 2. The van der Waals surface area contributed by atoms with Gasteiger partial charge in [0.1, 0.15) is 16.9 Å². The molecule has 2 amide bonds. The molecule has 3 heterocycles. The Hall–Kier alpha value is -2.81. The minimum Gasteiger partial charge on any atom is -0.324 e. The summed E-state index contributed by atoms with van der Waals surface area (Å²) in [6.45, 7) is 4.68. The van der Waals surface area contributed by atoms with Gasteiger partial charge in [-0.05, 0) is 31.9 Å². The third-order valence-corrected chi connectivity index (χ3v) is 5.17. The first-order valence-corrected chi connectivity index (χ1v) is 9.12. The molecule has 0 radical (unpaired) electrons. The molecule has 0 saturated carbocycles. The fourth-order valence-electron chi connectivity index (χ4n) is 3.23. The van der Waals surface area contributed by atoms with Crippen LogP contribution in [0.4, 0.5) is 10.5 Å². The second kappa shape index (κ2) is 6.49.